The number of hydrogen-bond acceptors (Lipinski definition) is 2. The minimum Gasteiger partial charge on any atom is -0.383 e. The molecule has 0 atom stereocenters. The minimum absolute atomic E-state index is 0.816. The highest BCUT2D eigenvalue weighted by Gasteiger charge is 2.05. The van der Waals surface area contributed by atoms with Gasteiger partial charge in [-0.2, -0.15) is 0 Å². The number of methoxy groups -OCH3 is 1. The van der Waals surface area contributed by atoms with Gasteiger partial charge in [-0.15, -0.1) is 0 Å². The molecule has 0 radical (unpaired) electrons. The second kappa shape index (κ2) is 11.0. The maximum absolute atomic E-state index is 5.26. The monoisotopic (exact) mass is 311 g/mol. The minimum atomic E-state index is 0.816. The van der Waals surface area contributed by atoms with Gasteiger partial charge in [-0.05, 0) is 49.9 Å². The lowest BCUT2D eigenvalue weighted by molar-refractivity contribution is 0.146. The second-order valence-electron chi connectivity index (χ2n) is 6.01. The number of nitrogens with zero attached hydrogens (tertiary/aromatic N) is 1. The standard InChI is InChI=1S/C21H29NO/c1-23-19-18-22(16-8-14-20-10-4-2-5-11-20)17-9-15-21-12-6-3-7-13-21/h2-7,10-13H,8-9,14-19H2,1H3. The van der Waals surface area contributed by atoms with Gasteiger partial charge in [0.05, 0.1) is 6.61 Å². The normalized spacial score (nSPS) is 11.0. The van der Waals surface area contributed by atoms with Gasteiger partial charge in [-0.3, -0.25) is 0 Å². The summed E-state index contributed by atoms with van der Waals surface area (Å²) in [5.41, 5.74) is 2.87. The zero-order chi connectivity index (χ0) is 16.2. The zero-order valence-corrected chi connectivity index (χ0v) is 14.3. The molecule has 0 aromatic heterocycles. The van der Waals surface area contributed by atoms with Crippen molar-refractivity contribution in [2.24, 2.45) is 0 Å². The lowest BCUT2D eigenvalue weighted by atomic mass is 10.1. The van der Waals surface area contributed by atoms with E-state index in [0.717, 1.165) is 39.1 Å². The Morgan fingerprint density at radius 3 is 1.61 bits per heavy atom. The van der Waals surface area contributed by atoms with Crippen LogP contribution < -0.4 is 0 Å². The van der Waals surface area contributed by atoms with Crippen molar-refractivity contribution in [3.8, 4) is 0 Å². The van der Waals surface area contributed by atoms with Crippen molar-refractivity contribution in [3.63, 3.8) is 0 Å². The van der Waals surface area contributed by atoms with Gasteiger partial charge in [0.25, 0.3) is 0 Å². The Balaban J connectivity index is 1.70. The molecule has 0 heterocycles. The maximum atomic E-state index is 5.26. The summed E-state index contributed by atoms with van der Waals surface area (Å²) in [5.74, 6) is 0. The molecule has 23 heavy (non-hydrogen) atoms. The Kier molecular flexibility index (Phi) is 8.46. The van der Waals surface area contributed by atoms with Crippen LogP contribution in [0.5, 0.6) is 0 Å². The van der Waals surface area contributed by atoms with E-state index in [0.29, 0.717) is 0 Å². The van der Waals surface area contributed by atoms with Gasteiger partial charge in [0.15, 0.2) is 0 Å². The lowest BCUT2D eigenvalue weighted by Gasteiger charge is -2.22. The van der Waals surface area contributed by atoms with Crippen molar-refractivity contribution in [1.82, 2.24) is 4.90 Å². The van der Waals surface area contributed by atoms with Crippen LogP contribution in [0.15, 0.2) is 60.7 Å². The fraction of sp³-hybridized carbons (Fsp3) is 0.429. The van der Waals surface area contributed by atoms with Gasteiger partial charge >= 0.3 is 0 Å². The molecule has 0 amide bonds. The van der Waals surface area contributed by atoms with Crippen molar-refractivity contribution < 1.29 is 4.74 Å². The third-order valence-electron chi connectivity index (χ3n) is 4.18. The molecule has 124 valence electrons. The molecule has 0 aliphatic rings. The summed E-state index contributed by atoms with van der Waals surface area (Å²) in [7, 11) is 1.78. The van der Waals surface area contributed by atoms with E-state index in [-0.39, 0.29) is 0 Å². The van der Waals surface area contributed by atoms with Crippen LogP contribution in [0, 0.1) is 0 Å². The van der Waals surface area contributed by atoms with E-state index in [1.54, 1.807) is 7.11 Å². The predicted molar refractivity (Wildman–Crippen MR) is 97.8 cm³/mol. The Morgan fingerprint density at radius 2 is 1.17 bits per heavy atom. The number of rotatable bonds is 11. The van der Waals surface area contributed by atoms with Crippen molar-refractivity contribution >= 4 is 0 Å². The first kappa shape index (κ1) is 17.7. The van der Waals surface area contributed by atoms with Crippen LogP contribution in [-0.4, -0.2) is 38.3 Å². The molecule has 2 rings (SSSR count). The maximum Gasteiger partial charge on any atom is 0.0589 e. The average Bonchev–Trinajstić information content (AvgIpc) is 2.61. The van der Waals surface area contributed by atoms with E-state index >= 15 is 0 Å². The van der Waals surface area contributed by atoms with Gasteiger partial charge in [-0.1, -0.05) is 60.7 Å². The Bertz CT molecular complexity index is 466. The second-order valence-corrected chi connectivity index (χ2v) is 6.01. The van der Waals surface area contributed by atoms with Gasteiger partial charge in [-0.25, -0.2) is 0 Å². The Morgan fingerprint density at radius 1 is 0.696 bits per heavy atom. The molecule has 0 spiro atoms. The van der Waals surface area contributed by atoms with Crippen molar-refractivity contribution in [2.45, 2.75) is 25.7 Å². The molecule has 2 heteroatoms. The smallest absolute Gasteiger partial charge is 0.0589 e. The topological polar surface area (TPSA) is 12.5 Å². The van der Waals surface area contributed by atoms with Gasteiger partial charge < -0.3 is 9.64 Å². The number of aryl methyl sites for hydroxylation is 2. The van der Waals surface area contributed by atoms with Crippen LogP contribution in [0.3, 0.4) is 0 Å². The molecule has 2 nitrogen and oxygen atoms in total. The summed E-state index contributed by atoms with van der Waals surface area (Å²) in [5, 5.41) is 0. The Hall–Kier alpha value is -1.64. The first-order valence-corrected chi connectivity index (χ1v) is 8.67. The van der Waals surface area contributed by atoms with Crippen LogP contribution in [0.4, 0.5) is 0 Å². The molecule has 2 aromatic rings. The molecular formula is C21H29NO. The van der Waals surface area contributed by atoms with Crippen molar-refractivity contribution in [1.29, 1.82) is 0 Å². The van der Waals surface area contributed by atoms with Crippen molar-refractivity contribution in [2.75, 3.05) is 33.4 Å². The fourth-order valence-corrected chi connectivity index (χ4v) is 2.86. The van der Waals surface area contributed by atoms with Crippen LogP contribution >= 0.6 is 0 Å². The summed E-state index contributed by atoms with van der Waals surface area (Å²) >= 11 is 0. The molecular weight excluding hydrogens is 282 g/mol. The first-order chi connectivity index (χ1) is 11.4. The summed E-state index contributed by atoms with van der Waals surface area (Å²) < 4.78 is 5.26. The zero-order valence-electron chi connectivity index (χ0n) is 14.3. The molecule has 0 saturated heterocycles. The van der Waals surface area contributed by atoms with Gasteiger partial charge in [0.1, 0.15) is 0 Å². The largest absolute Gasteiger partial charge is 0.383 e. The first-order valence-electron chi connectivity index (χ1n) is 8.67. The summed E-state index contributed by atoms with van der Waals surface area (Å²) in [6.07, 6.45) is 4.73. The fourth-order valence-electron chi connectivity index (χ4n) is 2.86. The molecule has 0 bridgehead atoms. The van der Waals surface area contributed by atoms with Crippen LogP contribution in [0.1, 0.15) is 24.0 Å². The molecule has 0 saturated carbocycles. The molecule has 0 aliphatic heterocycles. The molecule has 0 aliphatic carbocycles. The van der Waals surface area contributed by atoms with Crippen LogP contribution in [0.25, 0.3) is 0 Å². The van der Waals surface area contributed by atoms with E-state index in [9.17, 15) is 0 Å². The van der Waals surface area contributed by atoms with E-state index in [4.69, 9.17) is 4.74 Å². The molecule has 0 unspecified atom stereocenters. The highest BCUT2D eigenvalue weighted by molar-refractivity contribution is 5.15. The number of ether oxygens (including phenoxy) is 1. The van der Waals surface area contributed by atoms with E-state index in [1.807, 2.05) is 0 Å². The summed E-state index contributed by atoms with van der Waals surface area (Å²) in [6, 6.07) is 21.5. The summed E-state index contributed by atoms with van der Waals surface area (Å²) in [6.45, 7) is 4.14. The lowest BCUT2D eigenvalue weighted by Crippen LogP contribution is -2.30. The van der Waals surface area contributed by atoms with E-state index < -0.39 is 0 Å². The highest BCUT2D eigenvalue weighted by atomic mass is 16.5. The predicted octanol–water partition coefficient (Wildman–Crippen LogP) is 4.20. The number of benzene rings is 2. The molecule has 0 N–H and O–H groups in total. The summed E-state index contributed by atoms with van der Waals surface area (Å²) in [4.78, 5) is 2.54. The van der Waals surface area contributed by atoms with Crippen LogP contribution in [0.2, 0.25) is 0 Å². The molecule has 0 fully saturated rings. The van der Waals surface area contributed by atoms with Gasteiger partial charge in [0.2, 0.25) is 0 Å². The van der Waals surface area contributed by atoms with Crippen molar-refractivity contribution in [3.05, 3.63) is 71.8 Å². The highest BCUT2D eigenvalue weighted by Crippen LogP contribution is 2.06. The Labute approximate surface area is 141 Å². The average molecular weight is 311 g/mol. The molecule has 2 aromatic carbocycles. The van der Waals surface area contributed by atoms with Gasteiger partial charge in [0, 0.05) is 13.7 Å². The third kappa shape index (κ3) is 7.45. The third-order valence-corrected chi connectivity index (χ3v) is 4.18. The van der Waals surface area contributed by atoms with E-state index in [1.165, 1.54) is 24.0 Å². The number of hydrogen-bond donors (Lipinski definition) is 0. The SMILES string of the molecule is COCCN(CCCc1ccccc1)CCCc1ccccc1. The quantitative estimate of drug-likeness (QED) is 0.616. The van der Waals surface area contributed by atoms with E-state index in [2.05, 4.69) is 65.6 Å². The van der Waals surface area contributed by atoms with Crippen LogP contribution in [-0.2, 0) is 17.6 Å².